The molecular formula is C12H26O3Si. The van der Waals surface area contributed by atoms with E-state index in [0.29, 0.717) is 6.61 Å². The molecule has 0 amide bonds. The zero-order valence-corrected chi connectivity index (χ0v) is 12.2. The van der Waals surface area contributed by atoms with E-state index < -0.39 is 14.6 Å². The normalized spacial score (nSPS) is 28.1. The molecule has 0 aliphatic carbocycles. The third-order valence-electron chi connectivity index (χ3n) is 3.76. The maximum atomic E-state index is 9.40. The second-order valence-corrected chi connectivity index (χ2v) is 11.0. The maximum Gasteiger partial charge on any atom is 0.192 e. The van der Waals surface area contributed by atoms with Crippen LogP contribution in [0.3, 0.4) is 0 Å². The Labute approximate surface area is 100 Å². The zero-order valence-electron chi connectivity index (χ0n) is 11.2. The van der Waals surface area contributed by atoms with Gasteiger partial charge in [-0.3, -0.25) is 0 Å². The number of hydrogen-bond acceptors (Lipinski definition) is 3. The van der Waals surface area contributed by atoms with Crippen LogP contribution in [-0.4, -0.2) is 32.4 Å². The Kier molecular flexibility index (Phi) is 4.57. The molecule has 4 heteroatoms. The molecule has 1 aliphatic rings. The van der Waals surface area contributed by atoms with Crippen molar-refractivity contribution in [2.45, 2.75) is 70.6 Å². The van der Waals surface area contributed by atoms with E-state index in [2.05, 4.69) is 33.9 Å². The van der Waals surface area contributed by atoms with Crippen molar-refractivity contribution in [2.75, 3.05) is 6.61 Å². The first kappa shape index (κ1) is 14.2. The molecule has 1 N–H and O–H groups in total. The molecular weight excluding hydrogens is 220 g/mol. The lowest BCUT2D eigenvalue weighted by Gasteiger charge is -2.38. The van der Waals surface area contributed by atoms with Crippen molar-refractivity contribution >= 4 is 8.32 Å². The Bertz CT molecular complexity index is 223. The Morgan fingerprint density at radius 2 is 1.94 bits per heavy atom. The van der Waals surface area contributed by atoms with Crippen molar-refractivity contribution in [1.82, 2.24) is 0 Å². The van der Waals surface area contributed by atoms with Gasteiger partial charge in [0.25, 0.3) is 0 Å². The molecule has 0 spiro atoms. The number of ether oxygens (including phenoxy) is 1. The summed E-state index contributed by atoms with van der Waals surface area (Å²) < 4.78 is 11.5. The van der Waals surface area contributed by atoms with Gasteiger partial charge in [0.2, 0.25) is 0 Å². The summed E-state index contributed by atoms with van der Waals surface area (Å²) in [4.78, 5) is 0. The summed E-state index contributed by atoms with van der Waals surface area (Å²) in [6.07, 6.45) is 2.30. The van der Waals surface area contributed by atoms with Gasteiger partial charge in [-0.2, -0.15) is 0 Å². The SMILES string of the molecule is CC(C)(C)[Si](C)(C)OC[C@H]1CCCC(O)O1. The van der Waals surface area contributed by atoms with Crippen molar-refractivity contribution in [1.29, 1.82) is 0 Å². The molecule has 0 bridgehead atoms. The predicted octanol–water partition coefficient (Wildman–Crippen LogP) is 2.90. The molecule has 0 aromatic carbocycles. The van der Waals surface area contributed by atoms with Crippen LogP contribution in [0.1, 0.15) is 40.0 Å². The minimum absolute atomic E-state index is 0.0814. The summed E-state index contributed by atoms with van der Waals surface area (Å²) in [6.45, 7) is 11.8. The lowest BCUT2D eigenvalue weighted by atomic mass is 10.1. The molecule has 1 aliphatic heterocycles. The summed E-state index contributed by atoms with van der Waals surface area (Å²) in [5.41, 5.74) is 0. The average molecular weight is 246 g/mol. The monoisotopic (exact) mass is 246 g/mol. The number of hydrogen-bond donors (Lipinski definition) is 1. The maximum absolute atomic E-state index is 9.40. The quantitative estimate of drug-likeness (QED) is 0.778. The number of aliphatic hydroxyl groups excluding tert-OH is 1. The van der Waals surface area contributed by atoms with Gasteiger partial charge >= 0.3 is 0 Å². The van der Waals surface area contributed by atoms with Crippen molar-refractivity contribution in [3.05, 3.63) is 0 Å². The topological polar surface area (TPSA) is 38.7 Å². The summed E-state index contributed by atoms with van der Waals surface area (Å²) in [5.74, 6) is 0. The van der Waals surface area contributed by atoms with Gasteiger partial charge in [-0.1, -0.05) is 20.8 Å². The van der Waals surface area contributed by atoms with Crippen molar-refractivity contribution < 1.29 is 14.3 Å². The van der Waals surface area contributed by atoms with Gasteiger partial charge in [-0.15, -0.1) is 0 Å². The Morgan fingerprint density at radius 1 is 1.31 bits per heavy atom. The summed E-state index contributed by atoms with van der Waals surface area (Å²) in [7, 11) is -1.67. The van der Waals surface area contributed by atoms with E-state index in [-0.39, 0.29) is 11.1 Å². The number of rotatable bonds is 3. The van der Waals surface area contributed by atoms with Gasteiger partial charge in [0.1, 0.15) is 0 Å². The van der Waals surface area contributed by atoms with E-state index in [9.17, 15) is 5.11 Å². The van der Waals surface area contributed by atoms with E-state index in [4.69, 9.17) is 9.16 Å². The van der Waals surface area contributed by atoms with Crippen LogP contribution in [-0.2, 0) is 9.16 Å². The van der Waals surface area contributed by atoms with Gasteiger partial charge in [0.15, 0.2) is 14.6 Å². The Balaban J connectivity index is 2.39. The molecule has 0 aromatic rings. The van der Waals surface area contributed by atoms with E-state index >= 15 is 0 Å². The third-order valence-corrected chi connectivity index (χ3v) is 8.26. The second-order valence-electron chi connectivity index (χ2n) is 6.21. The molecule has 0 radical (unpaired) electrons. The van der Waals surface area contributed by atoms with Crippen LogP contribution >= 0.6 is 0 Å². The number of aliphatic hydroxyl groups is 1. The van der Waals surface area contributed by atoms with Gasteiger partial charge < -0.3 is 14.3 Å². The first-order chi connectivity index (χ1) is 7.22. The highest BCUT2D eigenvalue weighted by Crippen LogP contribution is 2.36. The van der Waals surface area contributed by atoms with Crippen LogP contribution in [0.15, 0.2) is 0 Å². The molecule has 1 rings (SSSR count). The minimum atomic E-state index is -1.67. The zero-order chi connectivity index (χ0) is 12.4. The van der Waals surface area contributed by atoms with Crippen molar-refractivity contribution in [2.24, 2.45) is 0 Å². The summed E-state index contributed by atoms with van der Waals surface area (Å²) >= 11 is 0. The van der Waals surface area contributed by atoms with Crippen LogP contribution in [0.5, 0.6) is 0 Å². The Morgan fingerprint density at radius 3 is 2.44 bits per heavy atom. The second kappa shape index (κ2) is 5.17. The fourth-order valence-electron chi connectivity index (χ4n) is 1.52. The van der Waals surface area contributed by atoms with Crippen LogP contribution in [0.25, 0.3) is 0 Å². The first-order valence-electron chi connectivity index (χ1n) is 6.20. The molecule has 1 saturated heterocycles. The molecule has 96 valence electrons. The van der Waals surface area contributed by atoms with E-state index in [1.165, 1.54) is 0 Å². The molecule has 1 heterocycles. The fraction of sp³-hybridized carbons (Fsp3) is 1.00. The summed E-state index contributed by atoms with van der Waals surface area (Å²) in [6, 6.07) is 0. The van der Waals surface area contributed by atoms with E-state index in [1.807, 2.05) is 0 Å². The lowest BCUT2D eigenvalue weighted by Crippen LogP contribution is -2.44. The smallest absolute Gasteiger partial charge is 0.192 e. The van der Waals surface area contributed by atoms with E-state index in [1.54, 1.807) is 0 Å². The average Bonchev–Trinajstić information content (AvgIpc) is 2.13. The van der Waals surface area contributed by atoms with Crippen LogP contribution in [0, 0.1) is 0 Å². The molecule has 0 saturated carbocycles. The molecule has 1 fully saturated rings. The van der Waals surface area contributed by atoms with Crippen LogP contribution in [0.2, 0.25) is 18.1 Å². The van der Waals surface area contributed by atoms with Crippen LogP contribution in [0.4, 0.5) is 0 Å². The summed E-state index contributed by atoms with van der Waals surface area (Å²) in [5, 5.41) is 9.64. The van der Waals surface area contributed by atoms with Crippen molar-refractivity contribution in [3.63, 3.8) is 0 Å². The Hall–Kier alpha value is 0.0969. The van der Waals surface area contributed by atoms with Gasteiger partial charge in [-0.25, -0.2) is 0 Å². The lowest BCUT2D eigenvalue weighted by molar-refractivity contribution is -0.170. The molecule has 16 heavy (non-hydrogen) atoms. The van der Waals surface area contributed by atoms with Crippen LogP contribution < -0.4 is 0 Å². The highest BCUT2D eigenvalue weighted by atomic mass is 28.4. The molecule has 2 atom stereocenters. The molecule has 3 nitrogen and oxygen atoms in total. The largest absolute Gasteiger partial charge is 0.414 e. The molecule has 1 unspecified atom stereocenters. The first-order valence-corrected chi connectivity index (χ1v) is 9.11. The fourth-order valence-corrected chi connectivity index (χ4v) is 2.55. The van der Waals surface area contributed by atoms with Gasteiger partial charge in [-0.05, 0) is 37.4 Å². The van der Waals surface area contributed by atoms with Gasteiger partial charge in [0.05, 0.1) is 12.7 Å². The highest BCUT2D eigenvalue weighted by Gasteiger charge is 2.38. The standard InChI is InChI=1S/C12H26O3Si/c1-12(2,3)16(4,5)14-9-10-7-6-8-11(13)15-10/h10-11,13H,6-9H2,1-5H3/t10-,11?/m1/s1. The van der Waals surface area contributed by atoms with E-state index in [0.717, 1.165) is 19.3 Å². The highest BCUT2D eigenvalue weighted by molar-refractivity contribution is 6.74. The van der Waals surface area contributed by atoms with Gasteiger partial charge in [0, 0.05) is 0 Å². The van der Waals surface area contributed by atoms with Crippen molar-refractivity contribution in [3.8, 4) is 0 Å². The minimum Gasteiger partial charge on any atom is -0.414 e. The predicted molar refractivity (Wildman–Crippen MR) is 67.9 cm³/mol. The molecule has 0 aromatic heterocycles. The third kappa shape index (κ3) is 3.84.